The summed E-state index contributed by atoms with van der Waals surface area (Å²) in [6.07, 6.45) is 2.76. The summed E-state index contributed by atoms with van der Waals surface area (Å²) in [6.45, 7) is 8.89. The topological polar surface area (TPSA) is 74.8 Å². The average Bonchev–Trinajstić information content (AvgIpc) is 2.60. The van der Waals surface area contributed by atoms with Crippen LogP contribution in [0.5, 0.6) is 0 Å². The van der Waals surface area contributed by atoms with Crippen molar-refractivity contribution in [2.45, 2.75) is 42.9 Å². The summed E-state index contributed by atoms with van der Waals surface area (Å²) in [6, 6.07) is 5.50. The number of nitrogens with zero attached hydrogens (tertiary/aromatic N) is 2. The molecule has 1 aromatic rings. The van der Waals surface area contributed by atoms with E-state index in [0.29, 0.717) is 19.6 Å². The van der Waals surface area contributed by atoms with E-state index in [2.05, 4.69) is 6.58 Å². The van der Waals surface area contributed by atoms with Gasteiger partial charge in [-0.25, -0.2) is 16.8 Å². The minimum atomic E-state index is -3.67. The maximum absolute atomic E-state index is 12.7. The van der Waals surface area contributed by atoms with Crippen molar-refractivity contribution in [2.24, 2.45) is 0 Å². The van der Waals surface area contributed by atoms with E-state index in [1.165, 1.54) is 32.9 Å². The molecule has 1 aromatic carbocycles. The highest BCUT2D eigenvalue weighted by atomic mass is 32.2. The van der Waals surface area contributed by atoms with Crippen molar-refractivity contribution in [1.82, 2.24) is 8.61 Å². The van der Waals surface area contributed by atoms with Crippen LogP contribution in [-0.2, 0) is 20.0 Å². The second-order valence-electron chi connectivity index (χ2n) is 6.32. The standard InChI is InChI=1S/C17H26N2O4S2/c1-4-18(14-15(2)3)24(20,21)16-8-10-17(11-9-16)25(22,23)19-12-6-5-7-13-19/h8-11H,2,4-7,12-14H2,1,3H3. The largest absolute Gasteiger partial charge is 0.243 e. The number of benzene rings is 1. The van der Waals surface area contributed by atoms with Crippen LogP contribution in [0, 0.1) is 0 Å². The Labute approximate surface area is 151 Å². The molecule has 1 fully saturated rings. The van der Waals surface area contributed by atoms with Crippen LogP contribution < -0.4 is 0 Å². The number of piperidine rings is 1. The summed E-state index contributed by atoms with van der Waals surface area (Å²) in [7, 11) is -7.23. The lowest BCUT2D eigenvalue weighted by atomic mass is 10.2. The third-order valence-corrected chi connectivity index (χ3v) is 8.06. The Kier molecular flexibility index (Phi) is 6.42. The van der Waals surface area contributed by atoms with Gasteiger partial charge in [0, 0.05) is 26.2 Å². The van der Waals surface area contributed by atoms with E-state index in [1.54, 1.807) is 13.8 Å². The monoisotopic (exact) mass is 386 g/mol. The average molecular weight is 387 g/mol. The first-order valence-electron chi connectivity index (χ1n) is 8.44. The zero-order chi connectivity index (χ0) is 18.7. The Morgan fingerprint density at radius 2 is 1.56 bits per heavy atom. The van der Waals surface area contributed by atoms with Gasteiger partial charge in [-0.3, -0.25) is 0 Å². The molecule has 0 radical (unpaired) electrons. The number of hydrogen-bond donors (Lipinski definition) is 0. The van der Waals surface area contributed by atoms with E-state index in [4.69, 9.17) is 0 Å². The van der Waals surface area contributed by atoms with E-state index >= 15 is 0 Å². The van der Waals surface area contributed by atoms with Gasteiger partial charge in [-0.2, -0.15) is 8.61 Å². The fourth-order valence-corrected chi connectivity index (χ4v) is 5.88. The molecular weight excluding hydrogens is 360 g/mol. The van der Waals surface area contributed by atoms with E-state index in [9.17, 15) is 16.8 Å². The van der Waals surface area contributed by atoms with Crippen molar-refractivity contribution in [3.63, 3.8) is 0 Å². The molecule has 8 heteroatoms. The van der Waals surface area contributed by atoms with Crippen LogP contribution in [0.25, 0.3) is 0 Å². The quantitative estimate of drug-likeness (QED) is 0.675. The van der Waals surface area contributed by atoms with Crippen molar-refractivity contribution in [3.8, 4) is 0 Å². The molecular formula is C17H26N2O4S2. The van der Waals surface area contributed by atoms with Gasteiger partial charge in [0.05, 0.1) is 9.79 Å². The van der Waals surface area contributed by atoms with Crippen LogP contribution in [0.15, 0.2) is 46.2 Å². The second kappa shape index (κ2) is 7.99. The van der Waals surface area contributed by atoms with Gasteiger partial charge in [-0.15, -0.1) is 0 Å². The van der Waals surface area contributed by atoms with Gasteiger partial charge in [0.2, 0.25) is 20.0 Å². The second-order valence-corrected chi connectivity index (χ2v) is 10.2. The molecule has 140 valence electrons. The van der Waals surface area contributed by atoms with Gasteiger partial charge in [0.1, 0.15) is 0 Å². The lowest BCUT2D eigenvalue weighted by molar-refractivity contribution is 0.346. The summed E-state index contributed by atoms with van der Waals surface area (Å²) in [5, 5.41) is 0. The first kappa shape index (κ1) is 20.1. The van der Waals surface area contributed by atoms with Gasteiger partial charge < -0.3 is 0 Å². The normalized spacial score (nSPS) is 16.9. The van der Waals surface area contributed by atoms with Crippen LogP contribution in [0.3, 0.4) is 0 Å². The first-order valence-corrected chi connectivity index (χ1v) is 11.3. The molecule has 0 atom stereocenters. The first-order chi connectivity index (χ1) is 11.7. The molecule has 0 spiro atoms. The van der Waals surface area contributed by atoms with Crippen molar-refractivity contribution in [2.75, 3.05) is 26.2 Å². The Morgan fingerprint density at radius 3 is 2.04 bits per heavy atom. The number of likely N-dealkylation sites (N-methyl/N-ethyl adjacent to an activating group) is 1. The minimum absolute atomic E-state index is 0.0909. The van der Waals surface area contributed by atoms with Gasteiger partial charge in [0.25, 0.3) is 0 Å². The predicted octanol–water partition coefficient (Wildman–Crippen LogP) is 2.45. The Hall–Kier alpha value is -1.22. The summed E-state index contributed by atoms with van der Waals surface area (Å²) in [5.41, 5.74) is 0.745. The molecule has 1 aliphatic heterocycles. The van der Waals surface area contributed by atoms with Crippen LogP contribution in [0.2, 0.25) is 0 Å². The number of sulfonamides is 2. The van der Waals surface area contributed by atoms with Crippen LogP contribution in [0.4, 0.5) is 0 Å². The van der Waals surface area contributed by atoms with Crippen molar-refractivity contribution in [3.05, 3.63) is 36.4 Å². The molecule has 1 heterocycles. The van der Waals surface area contributed by atoms with Crippen LogP contribution in [0.1, 0.15) is 33.1 Å². The minimum Gasteiger partial charge on any atom is -0.207 e. The maximum atomic E-state index is 12.7. The van der Waals surface area contributed by atoms with Crippen LogP contribution in [-0.4, -0.2) is 51.6 Å². The Morgan fingerprint density at radius 1 is 1.04 bits per heavy atom. The molecule has 0 bridgehead atoms. The lowest BCUT2D eigenvalue weighted by Crippen LogP contribution is -2.35. The molecule has 1 saturated heterocycles. The van der Waals surface area contributed by atoms with E-state index in [1.807, 2.05) is 0 Å². The maximum Gasteiger partial charge on any atom is 0.243 e. The SMILES string of the molecule is C=C(C)CN(CC)S(=O)(=O)c1ccc(S(=O)(=O)N2CCCCC2)cc1. The molecule has 1 aliphatic rings. The Balaban J connectivity index is 2.28. The molecule has 0 N–H and O–H groups in total. The Bertz CT molecular complexity index is 809. The summed E-state index contributed by atoms with van der Waals surface area (Å²) in [4.78, 5) is 0.226. The van der Waals surface area contributed by atoms with E-state index < -0.39 is 20.0 Å². The van der Waals surface area contributed by atoms with Gasteiger partial charge in [0.15, 0.2) is 0 Å². The van der Waals surface area contributed by atoms with Gasteiger partial charge >= 0.3 is 0 Å². The lowest BCUT2D eigenvalue weighted by Gasteiger charge is -2.26. The molecule has 6 nitrogen and oxygen atoms in total. The molecule has 0 unspecified atom stereocenters. The highest BCUT2D eigenvalue weighted by molar-refractivity contribution is 7.89. The van der Waals surface area contributed by atoms with Gasteiger partial charge in [-0.05, 0) is 44.0 Å². The predicted molar refractivity (Wildman–Crippen MR) is 98.3 cm³/mol. The number of hydrogen-bond acceptors (Lipinski definition) is 4. The van der Waals surface area contributed by atoms with E-state index in [-0.39, 0.29) is 16.3 Å². The molecule has 0 saturated carbocycles. The summed E-state index contributed by atoms with van der Waals surface area (Å²) >= 11 is 0. The molecule has 0 aromatic heterocycles. The molecule has 0 amide bonds. The molecule has 0 aliphatic carbocycles. The fourth-order valence-electron chi connectivity index (χ4n) is 2.85. The fraction of sp³-hybridized carbons (Fsp3) is 0.529. The molecule has 2 rings (SSSR count). The zero-order valence-corrected chi connectivity index (χ0v) is 16.4. The van der Waals surface area contributed by atoms with E-state index in [0.717, 1.165) is 24.8 Å². The molecule has 25 heavy (non-hydrogen) atoms. The van der Waals surface area contributed by atoms with Crippen molar-refractivity contribution in [1.29, 1.82) is 0 Å². The van der Waals surface area contributed by atoms with Crippen LogP contribution >= 0.6 is 0 Å². The highest BCUT2D eigenvalue weighted by Gasteiger charge is 2.27. The smallest absolute Gasteiger partial charge is 0.207 e. The summed E-state index contributed by atoms with van der Waals surface area (Å²) in [5.74, 6) is 0. The third kappa shape index (κ3) is 4.49. The number of rotatable bonds is 7. The zero-order valence-electron chi connectivity index (χ0n) is 14.8. The third-order valence-electron chi connectivity index (χ3n) is 4.21. The van der Waals surface area contributed by atoms with Gasteiger partial charge in [-0.1, -0.05) is 25.5 Å². The van der Waals surface area contributed by atoms with Crippen molar-refractivity contribution < 1.29 is 16.8 Å². The highest BCUT2D eigenvalue weighted by Crippen LogP contribution is 2.23. The van der Waals surface area contributed by atoms with Crippen molar-refractivity contribution >= 4 is 20.0 Å². The summed E-state index contributed by atoms with van der Waals surface area (Å²) < 4.78 is 53.4.